The minimum absolute atomic E-state index is 0.374. The zero-order valence-electron chi connectivity index (χ0n) is 12.1. The summed E-state index contributed by atoms with van der Waals surface area (Å²) in [6, 6.07) is 10.2. The molecule has 2 rings (SSSR count). The average Bonchev–Trinajstić information content (AvgIpc) is 2.45. The van der Waals surface area contributed by atoms with E-state index < -0.39 is 5.54 Å². The third-order valence-electron chi connectivity index (χ3n) is 3.67. The standard InChI is InChI=1S/C16H22N4/c1-3-13-14(17)19-15(18)20-16(13,4-2)11-10-12-8-6-5-7-9-12/h5-11H,3-4,17H2,1-2H3,(H3,18,19,20)/b11-10+. The molecule has 0 bridgehead atoms. The number of nitrogens with one attached hydrogen (secondary N) is 1. The first-order valence-corrected chi connectivity index (χ1v) is 6.97. The van der Waals surface area contributed by atoms with E-state index in [2.05, 4.69) is 48.4 Å². The molecule has 4 nitrogen and oxygen atoms in total. The lowest BCUT2D eigenvalue weighted by molar-refractivity contribution is 0.553. The second-order valence-corrected chi connectivity index (χ2v) is 4.89. The van der Waals surface area contributed by atoms with Crippen LogP contribution >= 0.6 is 0 Å². The Kier molecular flexibility index (Phi) is 4.13. The molecular formula is C16H22N4. The molecule has 20 heavy (non-hydrogen) atoms. The zero-order valence-corrected chi connectivity index (χ0v) is 12.1. The van der Waals surface area contributed by atoms with E-state index in [0.29, 0.717) is 11.8 Å². The highest BCUT2D eigenvalue weighted by molar-refractivity contribution is 5.82. The summed E-state index contributed by atoms with van der Waals surface area (Å²) in [5.74, 6) is 0.999. The van der Waals surface area contributed by atoms with E-state index in [9.17, 15) is 0 Å². The maximum absolute atomic E-state index is 6.07. The van der Waals surface area contributed by atoms with E-state index in [1.807, 2.05) is 18.2 Å². The number of hydrogen-bond donors (Lipinski definition) is 3. The largest absolute Gasteiger partial charge is 0.385 e. The lowest BCUT2D eigenvalue weighted by Crippen LogP contribution is -2.46. The Bertz CT molecular complexity index is 557. The molecule has 0 aromatic heterocycles. The summed E-state index contributed by atoms with van der Waals surface area (Å²) in [4.78, 5) is 4.61. The van der Waals surface area contributed by atoms with Crippen molar-refractivity contribution >= 4 is 12.0 Å². The van der Waals surface area contributed by atoms with Crippen LogP contribution in [0, 0.1) is 0 Å². The molecule has 4 heteroatoms. The van der Waals surface area contributed by atoms with Crippen molar-refractivity contribution in [1.29, 1.82) is 0 Å². The topological polar surface area (TPSA) is 76.4 Å². The average molecular weight is 270 g/mol. The van der Waals surface area contributed by atoms with Crippen molar-refractivity contribution in [2.24, 2.45) is 16.5 Å². The molecule has 1 unspecified atom stereocenters. The Hall–Kier alpha value is -2.23. The third-order valence-corrected chi connectivity index (χ3v) is 3.67. The van der Waals surface area contributed by atoms with Gasteiger partial charge in [0.25, 0.3) is 0 Å². The van der Waals surface area contributed by atoms with Gasteiger partial charge in [0, 0.05) is 5.57 Å². The van der Waals surface area contributed by atoms with Crippen molar-refractivity contribution in [3.05, 3.63) is 53.4 Å². The van der Waals surface area contributed by atoms with Crippen molar-refractivity contribution in [2.45, 2.75) is 32.2 Å². The van der Waals surface area contributed by atoms with Crippen molar-refractivity contribution in [3.8, 4) is 0 Å². The number of benzene rings is 1. The summed E-state index contributed by atoms with van der Waals surface area (Å²) >= 11 is 0. The van der Waals surface area contributed by atoms with Crippen molar-refractivity contribution in [1.82, 2.24) is 5.32 Å². The number of aliphatic imine (C=N–C) groups is 1. The smallest absolute Gasteiger partial charge is 0.195 e. The molecule has 0 amide bonds. The number of hydrogen-bond acceptors (Lipinski definition) is 4. The minimum atomic E-state index is -0.440. The van der Waals surface area contributed by atoms with Gasteiger partial charge in [0.2, 0.25) is 0 Å². The summed E-state index contributed by atoms with van der Waals surface area (Å²) in [5, 5.41) is 2.92. The van der Waals surface area contributed by atoms with Crippen LogP contribution in [0.2, 0.25) is 0 Å². The predicted molar refractivity (Wildman–Crippen MR) is 84.8 cm³/mol. The molecule has 0 saturated heterocycles. The first-order valence-electron chi connectivity index (χ1n) is 6.97. The molecule has 0 spiro atoms. The predicted octanol–water partition coefficient (Wildman–Crippen LogP) is 2.35. The quantitative estimate of drug-likeness (QED) is 0.786. The molecule has 1 aromatic carbocycles. The van der Waals surface area contributed by atoms with Crippen LogP contribution in [0.25, 0.3) is 6.08 Å². The van der Waals surface area contributed by atoms with Crippen LogP contribution in [-0.4, -0.2) is 11.5 Å². The lowest BCUT2D eigenvalue weighted by atomic mass is 9.84. The Morgan fingerprint density at radius 3 is 2.50 bits per heavy atom. The molecule has 0 saturated carbocycles. The molecule has 1 aromatic rings. The highest BCUT2D eigenvalue weighted by atomic mass is 15.2. The molecule has 0 fully saturated rings. The van der Waals surface area contributed by atoms with Gasteiger partial charge >= 0.3 is 0 Å². The number of rotatable bonds is 4. The summed E-state index contributed by atoms with van der Waals surface area (Å²) in [5.41, 5.74) is 13.7. The fraction of sp³-hybridized carbons (Fsp3) is 0.312. The zero-order chi connectivity index (χ0) is 14.6. The molecule has 0 aliphatic carbocycles. The van der Waals surface area contributed by atoms with E-state index in [1.54, 1.807) is 0 Å². The van der Waals surface area contributed by atoms with Crippen LogP contribution in [0.4, 0.5) is 0 Å². The SMILES string of the molecule is CCC1=C(N)NC(N)=NC1(/C=C/c1ccccc1)CC. The number of nitrogens with two attached hydrogens (primary N) is 2. The fourth-order valence-corrected chi connectivity index (χ4v) is 2.60. The van der Waals surface area contributed by atoms with Crippen LogP contribution in [-0.2, 0) is 0 Å². The normalized spacial score (nSPS) is 22.8. The van der Waals surface area contributed by atoms with Gasteiger partial charge in [-0.1, -0.05) is 56.3 Å². The van der Waals surface area contributed by atoms with E-state index in [1.165, 1.54) is 0 Å². The van der Waals surface area contributed by atoms with Gasteiger partial charge in [-0.3, -0.25) is 0 Å². The summed E-state index contributed by atoms with van der Waals surface area (Å²) in [6.07, 6.45) is 5.83. The van der Waals surface area contributed by atoms with Gasteiger partial charge in [0.05, 0.1) is 0 Å². The molecule has 1 atom stereocenters. The Balaban J connectivity index is 2.42. The van der Waals surface area contributed by atoms with Crippen molar-refractivity contribution < 1.29 is 0 Å². The van der Waals surface area contributed by atoms with Crippen molar-refractivity contribution in [3.63, 3.8) is 0 Å². The number of nitrogens with zero attached hydrogens (tertiary/aromatic N) is 1. The summed E-state index contributed by atoms with van der Waals surface area (Å²) < 4.78 is 0. The van der Waals surface area contributed by atoms with Crippen LogP contribution in [0.3, 0.4) is 0 Å². The molecule has 5 N–H and O–H groups in total. The first kappa shape index (κ1) is 14.2. The van der Waals surface area contributed by atoms with Gasteiger partial charge in [-0.25, -0.2) is 4.99 Å². The molecule has 1 aliphatic rings. The lowest BCUT2D eigenvalue weighted by Gasteiger charge is -2.33. The Morgan fingerprint density at radius 2 is 1.90 bits per heavy atom. The maximum atomic E-state index is 6.07. The van der Waals surface area contributed by atoms with E-state index >= 15 is 0 Å². The van der Waals surface area contributed by atoms with Crippen molar-refractivity contribution in [2.75, 3.05) is 0 Å². The minimum Gasteiger partial charge on any atom is -0.385 e. The second-order valence-electron chi connectivity index (χ2n) is 4.89. The molecular weight excluding hydrogens is 248 g/mol. The summed E-state index contributed by atoms with van der Waals surface area (Å²) in [6.45, 7) is 4.18. The maximum Gasteiger partial charge on any atom is 0.195 e. The van der Waals surface area contributed by atoms with E-state index in [4.69, 9.17) is 11.5 Å². The van der Waals surface area contributed by atoms with Gasteiger partial charge in [0.1, 0.15) is 11.4 Å². The second kappa shape index (κ2) is 5.82. The Morgan fingerprint density at radius 1 is 1.20 bits per heavy atom. The van der Waals surface area contributed by atoms with Gasteiger partial charge in [-0.05, 0) is 18.4 Å². The number of guanidine groups is 1. The van der Waals surface area contributed by atoms with Crippen LogP contribution in [0.5, 0.6) is 0 Å². The highest BCUT2D eigenvalue weighted by Crippen LogP contribution is 2.33. The van der Waals surface area contributed by atoms with Crippen LogP contribution < -0.4 is 16.8 Å². The molecule has 1 heterocycles. The highest BCUT2D eigenvalue weighted by Gasteiger charge is 2.33. The van der Waals surface area contributed by atoms with Gasteiger partial charge < -0.3 is 16.8 Å². The Labute approximate surface area is 120 Å². The first-order chi connectivity index (χ1) is 9.61. The summed E-state index contributed by atoms with van der Waals surface area (Å²) in [7, 11) is 0. The molecule has 106 valence electrons. The van der Waals surface area contributed by atoms with E-state index in [0.717, 1.165) is 24.0 Å². The van der Waals surface area contributed by atoms with Gasteiger partial charge in [0.15, 0.2) is 5.96 Å². The molecule has 0 radical (unpaired) electrons. The van der Waals surface area contributed by atoms with Crippen LogP contribution in [0.1, 0.15) is 32.3 Å². The van der Waals surface area contributed by atoms with E-state index in [-0.39, 0.29) is 0 Å². The molecule has 1 aliphatic heterocycles. The monoisotopic (exact) mass is 270 g/mol. The van der Waals surface area contributed by atoms with Gasteiger partial charge in [-0.15, -0.1) is 0 Å². The van der Waals surface area contributed by atoms with Crippen LogP contribution in [0.15, 0.2) is 52.8 Å². The van der Waals surface area contributed by atoms with Gasteiger partial charge in [-0.2, -0.15) is 0 Å². The third kappa shape index (κ3) is 2.69. The fourth-order valence-electron chi connectivity index (χ4n) is 2.60.